The molecule has 0 radical (unpaired) electrons. The second-order valence-corrected chi connectivity index (χ2v) is 6.60. The Kier molecular flexibility index (Phi) is 4.16. The number of carbonyl (C=O) groups is 1. The molecule has 6 heteroatoms. The first-order chi connectivity index (χ1) is 12.6. The normalized spacial score (nSPS) is 16.6. The summed E-state index contributed by atoms with van der Waals surface area (Å²) in [6.07, 6.45) is 0.573. The maximum atomic E-state index is 12.9. The van der Waals surface area contributed by atoms with Crippen molar-refractivity contribution >= 4 is 5.91 Å². The van der Waals surface area contributed by atoms with E-state index in [1.807, 2.05) is 58.9 Å². The maximum Gasteiger partial charge on any atom is 0.246 e. The molecule has 0 saturated heterocycles. The summed E-state index contributed by atoms with van der Waals surface area (Å²) >= 11 is 0. The predicted octanol–water partition coefficient (Wildman–Crippen LogP) is 2.68. The molecule has 0 unspecified atom stereocenters. The van der Waals surface area contributed by atoms with Crippen LogP contribution in [0.1, 0.15) is 35.7 Å². The van der Waals surface area contributed by atoms with Crippen LogP contribution in [0.15, 0.2) is 54.6 Å². The van der Waals surface area contributed by atoms with Gasteiger partial charge in [0.05, 0.1) is 6.54 Å². The third-order valence-electron chi connectivity index (χ3n) is 4.74. The summed E-state index contributed by atoms with van der Waals surface area (Å²) in [6, 6.07) is 16.7. The van der Waals surface area contributed by atoms with Gasteiger partial charge in [0, 0.05) is 13.0 Å². The molecule has 1 aliphatic rings. The fourth-order valence-electron chi connectivity index (χ4n) is 3.39. The summed E-state index contributed by atoms with van der Waals surface area (Å²) in [6.45, 7) is 2.93. The average Bonchev–Trinajstić information content (AvgIpc) is 3.05. The lowest BCUT2D eigenvalue weighted by Crippen LogP contribution is -2.41. The van der Waals surface area contributed by atoms with Crippen molar-refractivity contribution in [2.45, 2.75) is 32.5 Å². The lowest BCUT2D eigenvalue weighted by Gasteiger charge is -2.32. The molecule has 1 atom stereocenters. The van der Waals surface area contributed by atoms with Crippen LogP contribution in [0.4, 0.5) is 0 Å². The van der Waals surface area contributed by atoms with Gasteiger partial charge in [-0.15, -0.1) is 10.2 Å². The fourth-order valence-corrected chi connectivity index (χ4v) is 3.39. The number of nitrogens with zero attached hydrogens (tertiary/aromatic N) is 4. The molecule has 132 valence electrons. The smallest absolute Gasteiger partial charge is 0.246 e. The molecule has 26 heavy (non-hydrogen) atoms. The van der Waals surface area contributed by atoms with E-state index in [1.54, 1.807) is 12.1 Å². The number of aromatic hydroxyl groups is 1. The molecule has 0 aliphatic carbocycles. The molecule has 2 aromatic carbocycles. The number of rotatable bonds is 4. The van der Waals surface area contributed by atoms with Crippen molar-refractivity contribution < 1.29 is 9.90 Å². The topological polar surface area (TPSA) is 71.2 Å². The van der Waals surface area contributed by atoms with E-state index in [4.69, 9.17) is 0 Å². The van der Waals surface area contributed by atoms with Crippen LogP contribution in [0.5, 0.6) is 5.75 Å². The highest BCUT2D eigenvalue weighted by Gasteiger charge is 2.33. The summed E-state index contributed by atoms with van der Waals surface area (Å²) in [7, 11) is 0. The molecule has 0 bridgehead atoms. The molecule has 0 spiro atoms. The van der Waals surface area contributed by atoms with E-state index in [0.29, 0.717) is 19.5 Å². The summed E-state index contributed by atoms with van der Waals surface area (Å²) in [5, 5.41) is 18.0. The summed E-state index contributed by atoms with van der Waals surface area (Å²) < 4.78 is 1.94. The van der Waals surface area contributed by atoms with E-state index in [9.17, 15) is 9.90 Å². The van der Waals surface area contributed by atoms with Gasteiger partial charge in [-0.2, -0.15) is 0 Å². The number of fused-ring (bicyclic) bond motifs is 1. The number of hydrogen-bond donors (Lipinski definition) is 1. The van der Waals surface area contributed by atoms with Gasteiger partial charge in [-0.3, -0.25) is 4.79 Å². The van der Waals surface area contributed by atoms with E-state index < -0.39 is 0 Å². The van der Waals surface area contributed by atoms with Crippen molar-refractivity contribution in [1.29, 1.82) is 0 Å². The predicted molar refractivity (Wildman–Crippen MR) is 96.3 cm³/mol. The van der Waals surface area contributed by atoms with Crippen molar-refractivity contribution in [3.8, 4) is 5.75 Å². The van der Waals surface area contributed by atoms with E-state index in [2.05, 4.69) is 10.2 Å². The zero-order valence-corrected chi connectivity index (χ0v) is 14.5. The number of phenolic OH excluding ortho intramolecular Hbond substituents is 1. The van der Waals surface area contributed by atoms with Gasteiger partial charge in [-0.05, 0) is 30.2 Å². The van der Waals surface area contributed by atoms with Gasteiger partial charge in [0.2, 0.25) is 5.91 Å². The first-order valence-electron chi connectivity index (χ1n) is 8.65. The van der Waals surface area contributed by atoms with Gasteiger partial charge in [-0.25, -0.2) is 0 Å². The molecule has 0 fully saturated rings. The Labute approximate surface area is 151 Å². The number of benzene rings is 2. The van der Waals surface area contributed by atoms with E-state index >= 15 is 0 Å². The van der Waals surface area contributed by atoms with Gasteiger partial charge in [0.15, 0.2) is 5.82 Å². The molecule has 2 heterocycles. The Morgan fingerprint density at radius 1 is 1.04 bits per heavy atom. The molecule has 6 nitrogen and oxygen atoms in total. The Hall–Kier alpha value is -3.15. The standard InChI is InChI=1S/C20H20N4O2/c1-14-20(26)23(12-16-5-3-2-4-6-16)13-19-22-21-18(24(14)19)11-15-7-9-17(25)10-8-15/h2-10,14,25H,11-13H2,1H3/t14-/m1/s1. The second kappa shape index (κ2) is 6.63. The Morgan fingerprint density at radius 2 is 1.77 bits per heavy atom. The minimum atomic E-state index is -0.329. The highest BCUT2D eigenvalue weighted by molar-refractivity contribution is 5.81. The van der Waals surface area contributed by atoms with Gasteiger partial charge in [0.1, 0.15) is 17.6 Å². The van der Waals surface area contributed by atoms with Gasteiger partial charge < -0.3 is 14.6 Å². The Bertz CT molecular complexity index is 919. The zero-order chi connectivity index (χ0) is 18.1. The zero-order valence-electron chi connectivity index (χ0n) is 14.5. The molecule has 1 aliphatic heterocycles. The number of carbonyl (C=O) groups excluding carboxylic acids is 1. The number of hydrogen-bond acceptors (Lipinski definition) is 4. The van der Waals surface area contributed by atoms with Crippen LogP contribution in [0, 0.1) is 0 Å². The molecule has 3 aromatic rings. The number of amides is 1. The average molecular weight is 348 g/mol. The lowest BCUT2D eigenvalue weighted by atomic mass is 10.1. The molecule has 4 rings (SSSR count). The summed E-state index contributed by atoms with van der Waals surface area (Å²) in [5.74, 6) is 1.89. The first-order valence-corrected chi connectivity index (χ1v) is 8.65. The van der Waals surface area contributed by atoms with Crippen molar-refractivity contribution in [3.05, 3.63) is 77.4 Å². The molecule has 0 saturated carbocycles. The summed E-state index contributed by atoms with van der Waals surface area (Å²) in [5.41, 5.74) is 2.12. The van der Waals surface area contributed by atoms with Gasteiger partial charge in [-0.1, -0.05) is 42.5 Å². The molecule has 1 aromatic heterocycles. The molecule has 1 N–H and O–H groups in total. The van der Waals surface area contributed by atoms with Gasteiger partial charge in [0.25, 0.3) is 0 Å². The SMILES string of the molecule is C[C@@H]1C(=O)N(Cc2ccccc2)Cc2nnc(Cc3ccc(O)cc3)n21. The van der Waals surface area contributed by atoms with Crippen molar-refractivity contribution in [3.63, 3.8) is 0 Å². The minimum absolute atomic E-state index is 0.0770. The number of phenols is 1. The molecular formula is C20H20N4O2. The van der Waals surface area contributed by atoms with Crippen molar-refractivity contribution in [2.24, 2.45) is 0 Å². The second-order valence-electron chi connectivity index (χ2n) is 6.60. The van der Waals surface area contributed by atoms with Crippen LogP contribution in [-0.2, 0) is 24.3 Å². The Morgan fingerprint density at radius 3 is 2.50 bits per heavy atom. The quantitative estimate of drug-likeness (QED) is 0.787. The third-order valence-corrected chi connectivity index (χ3v) is 4.74. The highest BCUT2D eigenvalue weighted by atomic mass is 16.3. The van der Waals surface area contributed by atoms with E-state index in [1.165, 1.54) is 0 Å². The van der Waals surface area contributed by atoms with E-state index in [-0.39, 0.29) is 17.7 Å². The maximum absolute atomic E-state index is 12.9. The van der Waals surface area contributed by atoms with Crippen molar-refractivity contribution in [2.75, 3.05) is 0 Å². The molecular weight excluding hydrogens is 328 g/mol. The van der Waals surface area contributed by atoms with Crippen LogP contribution < -0.4 is 0 Å². The van der Waals surface area contributed by atoms with Crippen molar-refractivity contribution in [1.82, 2.24) is 19.7 Å². The Balaban J connectivity index is 1.57. The number of aromatic nitrogens is 3. The van der Waals surface area contributed by atoms with Crippen LogP contribution in [0.3, 0.4) is 0 Å². The van der Waals surface area contributed by atoms with Crippen LogP contribution >= 0.6 is 0 Å². The van der Waals surface area contributed by atoms with Crippen LogP contribution in [0.2, 0.25) is 0 Å². The fraction of sp³-hybridized carbons (Fsp3) is 0.250. The minimum Gasteiger partial charge on any atom is -0.508 e. The van der Waals surface area contributed by atoms with Crippen LogP contribution in [0.25, 0.3) is 0 Å². The highest BCUT2D eigenvalue weighted by Crippen LogP contribution is 2.25. The van der Waals surface area contributed by atoms with Gasteiger partial charge >= 0.3 is 0 Å². The summed E-state index contributed by atoms with van der Waals surface area (Å²) in [4.78, 5) is 14.7. The largest absolute Gasteiger partial charge is 0.508 e. The molecule has 1 amide bonds. The first kappa shape index (κ1) is 16.3. The van der Waals surface area contributed by atoms with Crippen LogP contribution in [-0.4, -0.2) is 30.7 Å². The third kappa shape index (κ3) is 3.06. The van der Waals surface area contributed by atoms with E-state index in [0.717, 1.165) is 22.8 Å². The lowest BCUT2D eigenvalue weighted by molar-refractivity contribution is -0.137. The monoisotopic (exact) mass is 348 g/mol.